The van der Waals surface area contributed by atoms with Crippen molar-refractivity contribution in [1.82, 2.24) is 20.4 Å². The molecular formula is C28H34N4O4. The zero-order chi connectivity index (χ0) is 26.0. The molecule has 0 saturated heterocycles. The molecule has 190 valence electrons. The van der Waals surface area contributed by atoms with Gasteiger partial charge in [-0.25, -0.2) is 4.79 Å². The zero-order valence-electron chi connectivity index (χ0n) is 21.3. The Bertz CT molecular complexity index is 1200. The van der Waals surface area contributed by atoms with Crippen LogP contribution in [0.2, 0.25) is 0 Å². The molecule has 0 aliphatic carbocycles. The van der Waals surface area contributed by atoms with E-state index in [0.29, 0.717) is 23.5 Å². The van der Waals surface area contributed by atoms with E-state index in [-0.39, 0.29) is 43.4 Å². The lowest BCUT2D eigenvalue weighted by molar-refractivity contribution is -0.137. The largest absolute Gasteiger partial charge is 0.467 e. The Kier molecular flexibility index (Phi) is 7.33. The summed E-state index contributed by atoms with van der Waals surface area (Å²) in [5.74, 6) is 0.335. The maximum atomic E-state index is 14.0. The number of hydrogen-bond donors (Lipinski definition) is 2. The van der Waals surface area contributed by atoms with Crippen molar-refractivity contribution in [2.75, 3.05) is 13.1 Å². The lowest BCUT2D eigenvalue weighted by atomic mass is 9.91. The highest BCUT2D eigenvalue weighted by Crippen LogP contribution is 2.38. The lowest BCUT2D eigenvalue weighted by Crippen LogP contribution is -2.49. The predicted octanol–water partition coefficient (Wildman–Crippen LogP) is 3.98. The average Bonchev–Trinajstić information content (AvgIpc) is 3.46. The van der Waals surface area contributed by atoms with Gasteiger partial charge in [-0.15, -0.1) is 6.58 Å². The molecule has 0 saturated carbocycles. The lowest BCUT2D eigenvalue weighted by Gasteiger charge is -2.33. The number of carbonyl (C=O) groups is 3. The third kappa shape index (κ3) is 4.94. The molecule has 2 aliphatic rings. The second-order valence-electron chi connectivity index (χ2n) is 9.88. The normalized spacial score (nSPS) is 18.4. The van der Waals surface area contributed by atoms with E-state index in [1.165, 1.54) is 0 Å². The van der Waals surface area contributed by atoms with Gasteiger partial charge in [0.05, 0.1) is 36.7 Å². The van der Waals surface area contributed by atoms with Gasteiger partial charge in [-0.1, -0.05) is 43.7 Å². The van der Waals surface area contributed by atoms with Crippen molar-refractivity contribution in [2.24, 2.45) is 5.92 Å². The quantitative estimate of drug-likeness (QED) is 0.520. The third-order valence-electron chi connectivity index (χ3n) is 6.69. The monoisotopic (exact) mass is 490 g/mol. The summed E-state index contributed by atoms with van der Waals surface area (Å²) in [6.45, 7) is 12.5. The Morgan fingerprint density at radius 3 is 2.69 bits per heavy atom. The number of benzene rings is 1. The van der Waals surface area contributed by atoms with Crippen molar-refractivity contribution in [2.45, 2.75) is 52.7 Å². The first-order valence-corrected chi connectivity index (χ1v) is 12.3. The molecule has 8 heteroatoms. The maximum absolute atomic E-state index is 14.0. The van der Waals surface area contributed by atoms with E-state index in [1.807, 2.05) is 45.9 Å². The van der Waals surface area contributed by atoms with E-state index >= 15 is 0 Å². The van der Waals surface area contributed by atoms with Crippen LogP contribution < -0.4 is 10.6 Å². The molecule has 1 aromatic carbocycles. The first-order valence-electron chi connectivity index (χ1n) is 12.3. The first-order chi connectivity index (χ1) is 17.2. The summed E-state index contributed by atoms with van der Waals surface area (Å²) >= 11 is 0. The molecule has 2 aliphatic heterocycles. The number of urea groups is 1. The number of nitrogens with one attached hydrogen (secondary N) is 2. The van der Waals surface area contributed by atoms with Crippen molar-refractivity contribution >= 4 is 17.8 Å². The van der Waals surface area contributed by atoms with Crippen LogP contribution in [-0.2, 0) is 16.1 Å². The van der Waals surface area contributed by atoms with Gasteiger partial charge in [0.1, 0.15) is 11.8 Å². The summed E-state index contributed by atoms with van der Waals surface area (Å²) in [7, 11) is 0. The summed E-state index contributed by atoms with van der Waals surface area (Å²) in [5.41, 5.74) is 4.10. The summed E-state index contributed by atoms with van der Waals surface area (Å²) in [5, 5.41) is 5.94. The van der Waals surface area contributed by atoms with Crippen LogP contribution in [0.3, 0.4) is 0 Å². The fourth-order valence-corrected chi connectivity index (χ4v) is 5.00. The van der Waals surface area contributed by atoms with E-state index in [1.54, 1.807) is 34.3 Å². The molecule has 1 aromatic heterocycles. The number of carbonyl (C=O) groups excluding carboxylic acids is 3. The number of furan rings is 1. The molecule has 3 heterocycles. The van der Waals surface area contributed by atoms with Crippen LogP contribution in [0.4, 0.5) is 4.79 Å². The Morgan fingerprint density at radius 2 is 2.06 bits per heavy atom. The molecule has 0 fully saturated rings. The van der Waals surface area contributed by atoms with Gasteiger partial charge in [0.15, 0.2) is 0 Å². The molecule has 0 bridgehead atoms. The molecule has 0 spiro atoms. The molecule has 2 atom stereocenters. The Morgan fingerprint density at radius 1 is 1.28 bits per heavy atom. The fraction of sp³-hybridized carbons (Fsp3) is 0.393. The van der Waals surface area contributed by atoms with Crippen LogP contribution in [0, 0.1) is 19.8 Å². The first kappa shape index (κ1) is 25.3. The SMILES string of the molecule is C=CCN1C(=O)NC(c2ccc(C)cc2C)C2=C1CN(C(CC(C)C)C(=O)NCc1ccco1)C2=O. The van der Waals surface area contributed by atoms with Gasteiger partial charge in [0.25, 0.3) is 5.91 Å². The number of aryl methyl sites for hydroxylation is 2. The average molecular weight is 491 g/mol. The summed E-state index contributed by atoms with van der Waals surface area (Å²) in [6, 6.07) is 7.98. The zero-order valence-corrected chi connectivity index (χ0v) is 21.3. The summed E-state index contributed by atoms with van der Waals surface area (Å²) < 4.78 is 5.34. The van der Waals surface area contributed by atoms with E-state index in [4.69, 9.17) is 4.42 Å². The molecular weight excluding hydrogens is 456 g/mol. The van der Waals surface area contributed by atoms with Gasteiger partial charge in [-0.2, -0.15) is 0 Å². The fourth-order valence-electron chi connectivity index (χ4n) is 5.00. The van der Waals surface area contributed by atoms with Crippen molar-refractivity contribution in [3.8, 4) is 0 Å². The van der Waals surface area contributed by atoms with Crippen molar-refractivity contribution < 1.29 is 18.8 Å². The molecule has 4 rings (SSSR count). The molecule has 2 unspecified atom stereocenters. The van der Waals surface area contributed by atoms with E-state index in [2.05, 4.69) is 17.2 Å². The van der Waals surface area contributed by atoms with Crippen LogP contribution in [0.1, 0.15) is 48.8 Å². The van der Waals surface area contributed by atoms with Crippen molar-refractivity contribution in [3.63, 3.8) is 0 Å². The minimum atomic E-state index is -0.682. The van der Waals surface area contributed by atoms with E-state index in [9.17, 15) is 14.4 Å². The van der Waals surface area contributed by atoms with Crippen LogP contribution in [0.15, 0.2) is 64.9 Å². The van der Waals surface area contributed by atoms with Crippen LogP contribution >= 0.6 is 0 Å². The van der Waals surface area contributed by atoms with Gasteiger partial charge in [-0.3, -0.25) is 14.5 Å². The Hall–Kier alpha value is -3.81. The summed E-state index contributed by atoms with van der Waals surface area (Å²) in [4.78, 5) is 43.6. The van der Waals surface area contributed by atoms with Gasteiger partial charge < -0.3 is 20.0 Å². The number of nitrogens with zero attached hydrogens (tertiary/aromatic N) is 2. The number of amides is 4. The number of rotatable bonds is 9. The highest BCUT2D eigenvalue weighted by Gasteiger charge is 2.47. The van der Waals surface area contributed by atoms with Gasteiger partial charge in [0, 0.05) is 6.54 Å². The smallest absolute Gasteiger partial charge is 0.322 e. The van der Waals surface area contributed by atoms with Gasteiger partial charge in [0.2, 0.25) is 5.91 Å². The molecule has 2 aromatic rings. The highest BCUT2D eigenvalue weighted by atomic mass is 16.3. The topological polar surface area (TPSA) is 94.9 Å². The van der Waals surface area contributed by atoms with Crippen LogP contribution in [-0.4, -0.2) is 46.8 Å². The second kappa shape index (κ2) is 10.4. The van der Waals surface area contributed by atoms with E-state index in [0.717, 1.165) is 16.7 Å². The minimum absolute atomic E-state index is 0.175. The molecule has 36 heavy (non-hydrogen) atoms. The Labute approximate surface area is 212 Å². The van der Waals surface area contributed by atoms with Gasteiger partial charge in [-0.05, 0) is 49.4 Å². The van der Waals surface area contributed by atoms with Crippen molar-refractivity contribution in [1.29, 1.82) is 0 Å². The van der Waals surface area contributed by atoms with Crippen molar-refractivity contribution in [3.05, 3.63) is 83.0 Å². The Balaban J connectivity index is 1.68. The second-order valence-corrected chi connectivity index (χ2v) is 9.88. The van der Waals surface area contributed by atoms with E-state index < -0.39 is 12.1 Å². The third-order valence-corrected chi connectivity index (χ3v) is 6.69. The standard InChI is InChI=1S/C28H34N4O4/c1-6-11-31-23-16-32(22(13-17(2)3)26(33)29-15-20-8-7-12-36-20)27(34)24(23)25(30-28(31)35)21-10-9-18(4)14-19(21)5/h6-10,12,14,17,22,25H,1,11,13,15-16H2,2-5H3,(H,29,33)(H,30,35). The van der Waals surface area contributed by atoms with Crippen LogP contribution in [0.5, 0.6) is 0 Å². The molecule has 8 nitrogen and oxygen atoms in total. The minimum Gasteiger partial charge on any atom is -0.467 e. The van der Waals surface area contributed by atoms with Crippen LogP contribution in [0.25, 0.3) is 0 Å². The number of hydrogen-bond acceptors (Lipinski definition) is 4. The highest BCUT2D eigenvalue weighted by molar-refractivity contribution is 6.03. The predicted molar refractivity (Wildman–Crippen MR) is 137 cm³/mol. The maximum Gasteiger partial charge on any atom is 0.322 e. The van der Waals surface area contributed by atoms with Gasteiger partial charge >= 0.3 is 6.03 Å². The summed E-state index contributed by atoms with van der Waals surface area (Å²) in [6.07, 6.45) is 3.68. The molecule has 2 N–H and O–H groups in total. The molecule has 4 amide bonds. The molecule has 0 radical (unpaired) electrons.